The van der Waals surface area contributed by atoms with Crippen LogP contribution < -0.4 is 5.32 Å². The maximum absolute atomic E-state index is 13.1. The monoisotopic (exact) mass is 738 g/mol. The number of carbonyl (C=O) groups is 2. The van der Waals surface area contributed by atoms with Crippen molar-refractivity contribution in [2.45, 2.75) is 125 Å². The number of rotatable bonds is 6. The van der Waals surface area contributed by atoms with Crippen molar-refractivity contribution >= 4 is 37.0 Å². The Kier molecular flexibility index (Phi) is 10.8. The van der Waals surface area contributed by atoms with Gasteiger partial charge in [0, 0.05) is 45.3 Å². The van der Waals surface area contributed by atoms with Gasteiger partial charge in [0.2, 0.25) is 0 Å². The minimum absolute atomic E-state index is 0. The quantitative estimate of drug-likeness (QED) is 0.236. The number of nitrogens with one attached hydrogen (secondary N) is 1. The molecule has 8 fully saturated rings. The Morgan fingerprint density at radius 2 is 1.56 bits per heavy atom. The fourth-order valence-corrected chi connectivity index (χ4v) is 15.3. The van der Waals surface area contributed by atoms with Crippen molar-refractivity contribution in [3.05, 3.63) is 12.2 Å². The van der Waals surface area contributed by atoms with Crippen molar-refractivity contribution in [1.82, 2.24) is 20.0 Å². The average molecular weight is 740 g/mol. The second kappa shape index (κ2) is 13.6. The van der Waals surface area contributed by atoms with Gasteiger partial charge >= 0.3 is 12.2 Å². The molecule has 8 nitrogen and oxygen atoms in total. The molecule has 5 aliphatic carbocycles. The van der Waals surface area contributed by atoms with Crippen LogP contribution in [0.4, 0.5) is 9.59 Å². The Morgan fingerprint density at radius 3 is 2.12 bits per heavy atom. The van der Waals surface area contributed by atoms with Gasteiger partial charge < -0.3 is 15.5 Å². The minimum atomic E-state index is -0.884. The Bertz CT molecular complexity index is 1320. The third-order valence-electron chi connectivity index (χ3n) is 17.5. The van der Waals surface area contributed by atoms with Crippen LogP contribution in [0, 0.1) is 62.6 Å². The molecule has 10 heteroatoms. The maximum atomic E-state index is 13.1. The highest BCUT2D eigenvalue weighted by atomic mass is 35.5. The molecule has 8 aliphatic rings. The summed E-state index contributed by atoms with van der Waals surface area (Å²) in [6.07, 6.45) is 9.84. The molecule has 8 rings (SSSR count). The first-order valence-corrected chi connectivity index (χ1v) is 19.6. The lowest BCUT2D eigenvalue weighted by Gasteiger charge is -2.74. The SMILES string of the molecule is C=C(C)[C@@H]1CC[C@]2(CN(C(=O)O)C3CN4CCN3CC4)CC[C@]3(C)[C@H](CC[C@@H]4[C@@]5(C)CC(CC)C(NC(=O)O)C(C)(C)[C@@H]5CC[C@]43C)[C@@H]12.Cl.Cl. The highest BCUT2D eigenvalue weighted by Gasteiger charge is 2.71. The van der Waals surface area contributed by atoms with Gasteiger partial charge in [0.05, 0.1) is 0 Å². The van der Waals surface area contributed by atoms with Gasteiger partial charge in [-0.25, -0.2) is 9.59 Å². The van der Waals surface area contributed by atoms with Crippen LogP contribution in [0.15, 0.2) is 12.2 Å². The Labute approximate surface area is 314 Å². The molecule has 286 valence electrons. The molecular weight excluding hydrogens is 671 g/mol. The molecule has 0 aromatic heterocycles. The van der Waals surface area contributed by atoms with Gasteiger partial charge in [0.25, 0.3) is 0 Å². The van der Waals surface area contributed by atoms with Crippen LogP contribution in [-0.2, 0) is 0 Å². The van der Waals surface area contributed by atoms with E-state index in [2.05, 4.69) is 70.2 Å². The van der Waals surface area contributed by atoms with Crippen LogP contribution in [0.1, 0.15) is 113 Å². The lowest BCUT2D eigenvalue weighted by molar-refractivity contribution is -0.246. The molecule has 0 spiro atoms. The molecule has 50 heavy (non-hydrogen) atoms. The lowest BCUT2D eigenvalue weighted by Crippen LogP contribution is -2.70. The molecule has 5 saturated carbocycles. The number of amides is 2. The van der Waals surface area contributed by atoms with E-state index in [1.807, 2.05) is 4.90 Å². The number of halogens is 2. The van der Waals surface area contributed by atoms with E-state index in [4.69, 9.17) is 0 Å². The summed E-state index contributed by atoms with van der Waals surface area (Å²) in [6, 6.07) is -0.0100. The standard InChI is InChI=1S/C40H66N4O4.2ClH/c1-9-26-22-37(6)29(36(4,5)33(26)41-34(45)46)13-14-39(8)30(37)11-10-28-32-27(25(2)3)12-15-40(32,17-16-38(28,39)7)24-44(35(47)48)31-23-42-18-20-43(31)21-19-42;;/h26-33,41H,2,9-24H2,1,3-8H3,(H,45,46)(H,47,48);2*1H/t26?,27-,28+,29-,30+,31?,32+,33?,37-,38+,39+,40+;;/m0../s1. The predicted octanol–water partition coefficient (Wildman–Crippen LogP) is 8.70. The van der Waals surface area contributed by atoms with E-state index in [0.29, 0.717) is 42.1 Å². The van der Waals surface area contributed by atoms with Gasteiger partial charge in [-0.05, 0) is 127 Å². The van der Waals surface area contributed by atoms with E-state index in [1.54, 1.807) is 0 Å². The van der Waals surface area contributed by atoms with E-state index in [9.17, 15) is 19.8 Å². The number of hydrogen-bond donors (Lipinski definition) is 3. The third kappa shape index (κ3) is 5.65. The van der Waals surface area contributed by atoms with Crippen molar-refractivity contribution in [3.8, 4) is 0 Å². The first-order valence-electron chi connectivity index (χ1n) is 19.6. The second-order valence-corrected chi connectivity index (χ2v) is 19.4. The Hall–Kier alpha value is -1.22. The molecule has 0 radical (unpaired) electrons. The smallest absolute Gasteiger partial charge is 0.408 e. The number of fused-ring (bicyclic) bond motifs is 10. The number of allylic oxidation sites excluding steroid dienone is 1. The molecule has 3 aliphatic heterocycles. The van der Waals surface area contributed by atoms with E-state index >= 15 is 0 Å². The predicted molar refractivity (Wildman–Crippen MR) is 204 cm³/mol. The van der Waals surface area contributed by atoms with Crippen molar-refractivity contribution in [2.24, 2.45) is 62.6 Å². The molecule has 3 unspecified atom stereocenters. The molecule has 3 heterocycles. The number of hydrogen-bond acceptors (Lipinski definition) is 4. The second-order valence-electron chi connectivity index (χ2n) is 19.4. The number of carboxylic acid groups (broad SMARTS) is 2. The largest absolute Gasteiger partial charge is 0.465 e. The van der Waals surface area contributed by atoms with Crippen molar-refractivity contribution in [2.75, 3.05) is 39.3 Å². The maximum Gasteiger partial charge on any atom is 0.408 e. The van der Waals surface area contributed by atoms with E-state index in [1.165, 1.54) is 31.3 Å². The van der Waals surface area contributed by atoms with E-state index in [-0.39, 0.29) is 64.1 Å². The molecule has 2 amide bonds. The molecular formula is C40H68Cl2N4O4. The molecule has 2 bridgehead atoms. The summed E-state index contributed by atoms with van der Waals surface area (Å²) >= 11 is 0. The average Bonchev–Trinajstić information content (AvgIpc) is 3.41. The first kappa shape index (κ1) is 40.0. The van der Waals surface area contributed by atoms with Crippen molar-refractivity contribution < 1.29 is 19.8 Å². The van der Waals surface area contributed by atoms with Gasteiger partial charge in [-0.15, -0.1) is 24.8 Å². The lowest BCUT2D eigenvalue weighted by atomic mass is 9.31. The molecule has 12 atom stereocenters. The van der Waals surface area contributed by atoms with E-state index < -0.39 is 12.2 Å². The van der Waals surface area contributed by atoms with Crippen LogP contribution in [0.25, 0.3) is 0 Å². The van der Waals surface area contributed by atoms with Crippen LogP contribution in [0.3, 0.4) is 0 Å². The molecule has 3 N–H and O–H groups in total. The van der Waals surface area contributed by atoms with Crippen molar-refractivity contribution in [1.29, 1.82) is 0 Å². The normalized spacial score (nSPS) is 48.3. The zero-order valence-corrected chi connectivity index (χ0v) is 33.6. The topological polar surface area (TPSA) is 96.4 Å². The number of piperazine rings is 3. The highest BCUT2D eigenvalue weighted by molar-refractivity contribution is 5.85. The third-order valence-corrected chi connectivity index (χ3v) is 17.5. The summed E-state index contributed by atoms with van der Waals surface area (Å²) in [6.45, 7) is 27.3. The van der Waals surface area contributed by atoms with Crippen molar-refractivity contribution in [3.63, 3.8) is 0 Å². The van der Waals surface area contributed by atoms with Crippen LogP contribution in [0.2, 0.25) is 0 Å². The van der Waals surface area contributed by atoms with Gasteiger partial charge in [-0.3, -0.25) is 14.7 Å². The Morgan fingerprint density at radius 1 is 0.880 bits per heavy atom. The van der Waals surface area contributed by atoms with Crippen LogP contribution in [0.5, 0.6) is 0 Å². The summed E-state index contributed by atoms with van der Waals surface area (Å²) in [7, 11) is 0. The van der Waals surface area contributed by atoms with Gasteiger partial charge in [-0.1, -0.05) is 60.1 Å². The number of nitrogens with zero attached hydrogens (tertiary/aromatic N) is 3. The first-order chi connectivity index (χ1) is 22.5. The fourth-order valence-electron chi connectivity index (χ4n) is 15.3. The summed E-state index contributed by atoms with van der Waals surface area (Å²) in [5.41, 5.74) is 1.77. The molecule has 0 aromatic carbocycles. The molecule has 0 aromatic rings. The summed E-state index contributed by atoms with van der Waals surface area (Å²) in [5.74, 6) is 2.95. The van der Waals surface area contributed by atoms with Gasteiger partial charge in [-0.2, -0.15) is 0 Å². The zero-order valence-electron chi connectivity index (χ0n) is 32.0. The summed E-state index contributed by atoms with van der Waals surface area (Å²) < 4.78 is 0. The van der Waals surface area contributed by atoms with Gasteiger partial charge in [0.1, 0.15) is 6.17 Å². The van der Waals surface area contributed by atoms with Crippen LogP contribution >= 0.6 is 24.8 Å². The van der Waals surface area contributed by atoms with Gasteiger partial charge in [0.15, 0.2) is 0 Å². The highest BCUT2D eigenvalue weighted by Crippen LogP contribution is 2.78. The minimum Gasteiger partial charge on any atom is -0.465 e. The van der Waals surface area contributed by atoms with E-state index in [0.717, 1.165) is 71.2 Å². The summed E-state index contributed by atoms with van der Waals surface area (Å²) in [5, 5.41) is 23.6. The fraction of sp³-hybridized carbons (Fsp3) is 0.900. The zero-order chi connectivity index (χ0) is 34.6. The molecule has 3 saturated heterocycles. The van der Waals surface area contributed by atoms with Crippen LogP contribution in [-0.4, -0.2) is 88.6 Å². The summed E-state index contributed by atoms with van der Waals surface area (Å²) in [4.78, 5) is 31.9. The Balaban J connectivity index is 0.00000243.